The lowest BCUT2D eigenvalue weighted by atomic mass is 10.1. The molecule has 1 aromatic carbocycles. The van der Waals surface area contributed by atoms with Crippen molar-refractivity contribution in [2.45, 2.75) is 52.9 Å². The fraction of sp³-hybridized carbons (Fsp3) is 0.500. The van der Waals surface area contributed by atoms with Gasteiger partial charge in [0.05, 0.1) is 5.92 Å². The molecule has 0 radical (unpaired) electrons. The minimum Gasteiger partial charge on any atom is -0.312 e. The zero-order valence-electron chi connectivity index (χ0n) is 16.3. The van der Waals surface area contributed by atoms with E-state index in [0.717, 1.165) is 29.1 Å². The molecule has 1 aliphatic heterocycles. The predicted octanol–water partition coefficient (Wildman–Crippen LogP) is 4.05. The van der Waals surface area contributed by atoms with Crippen molar-refractivity contribution in [3.05, 3.63) is 34.3 Å². The van der Waals surface area contributed by atoms with E-state index in [-0.39, 0.29) is 24.2 Å². The van der Waals surface area contributed by atoms with Crippen LogP contribution in [-0.4, -0.2) is 28.6 Å². The Hall–Kier alpha value is -2.28. The van der Waals surface area contributed by atoms with Crippen molar-refractivity contribution in [2.75, 3.05) is 16.8 Å². The second kappa shape index (κ2) is 8.17. The summed E-state index contributed by atoms with van der Waals surface area (Å²) in [6.45, 7) is 8.71. The average Bonchev–Trinajstić information content (AvgIpc) is 3.25. The van der Waals surface area contributed by atoms with Crippen molar-refractivity contribution in [1.29, 1.82) is 0 Å². The Morgan fingerprint density at radius 3 is 2.67 bits per heavy atom. The molecule has 144 valence electrons. The van der Waals surface area contributed by atoms with Crippen LogP contribution >= 0.6 is 11.3 Å². The van der Waals surface area contributed by atoms with E-state index in [1.54, 1.807) is 4.90 Å². The van der Waals surface area contributed by atoms with Crippen molar-refractivity contribution in [1.82, 2.24) is 10.2 Å². The Morgan fingerprint density at radius 2 is 2.00 bits per heavy atom. The molecular weight excluding hydrogens is 360 g/mol. The zero-order valence-corrected chi connectivity index (χ0v) is 17.1. The molecule has 2 aromatic rings. The minimum atomic E-state index is -0.375. The van der Waals surface area contributed by atoms with E-state index in [1.807, 2.05) is 32.0 Å². The third-order valence-corrected chi connectivity index (χ3v) is 6.30. The molecule has 1 fully saturated rings. The average molecular weight is 387 g/mol. The number of anilines is 2. The van der Waals surface area contributed by atoms with Gasteiger partial charge in [0.25, 0.3) is 0 Å². The quantitative estimate of drug-likeness (QED) is 0.813. The molecule has 0 bridgehead atoms. The van der Waals surface area contributed by atoms with Crippen molar-refractivity contribution in [3.63, 3.8) is 0 Å². The van der Waals surface area contributed by atoms with Crippen molar-refractivity contribution in [2.24, 2.45) is 5.92 Å². The van der Waals surface area contributed by atoms with E-state index in [9.17, 15) is 9.59 Å². The SMILES string of the molecule is CCC(CC)c1nnc(NC(=O)C2CC(=O)N(c3ccc(C)c(C)c3)C2)s1. The largest absolute Gasteiger partial charge is 0.312 e. The van der Waals surface area contributed by atoms with Gasteiger partial charge in [0.1, 0.15) is 5.01 Å². The molecule has 0 aliphatic carbocycles. The van der Waals surface area contributed by atoms with Crippen molar-refractivity contribution >= 4 is 34.0 Å². The molecular formula is C20H26N4O2S. The summed E-state index contributed by atoms with van der Waals surface area (Å²) in [4.78, 5) is 26.8. The predicted molar refractivity (Wildman–Crippen MR) is 108 cm³/mol. The second-order valence-electron chi connectivity index (χ2n) is 7.12. The topological polar surface area (TPSA) is 75.2 Å². The van der Waals surface area contributed by atoms with E-state index >= 15 is 0 Å². The fourth-order valence-corrected chi connectivity index (χ4v) is 4.33. The molecule has 1 unspecified atom stereocenters. The van der Waals surface area contributed by atoms with Gasteiger partial charge in [0.2, 0.25) is 16.9 Å². The lowest BCUT2D eigenvalue weighted by Gasteiger charge is -2.17. The first-order valence-electron chi connectivity index (χ1n) is 9.44. The van der Waals surface area contributed by atoms with Crippen LogP contribution in [0.2, 0.25) is 0 Å². The first kappa shape index (κ1) is 19.5. The number of benzene rings is 1. The van der Waals surface area contributed by atoms with Crippen LogP contribution in [0.5, 0.6) is 0 Å². The lowest BCUT2D eigenvalue weighted by molar-refractivity contribution is -0.122. The van der Waals surface area contributed by atoms with Gasteiger partial charge in [-0.05, 0) is 49.9 Å². The third kappa shape index (κ3) is 4.18. The first-order valence-corrected chi connectivity index (χ1v) is 10.3. The second-order valence-corrected chi connectivity index (χ2v) is 8.13. The Morgan fingerprint density at radius 1 is 1.26 bits per heavy atom. The van der Waals surface area contributed by atoms with E-state index < -0.39 is 0 Å². The van der Waals surface area contributed by atoms with E-state index in [4.69, 9.17) is 0 Å². The number of carbonyl (C=O) groups is 2. The summed E-state index contributed by atoms with van der Waals surface area (Å²) in [5.41, 5.74) is 3.17. The zero-order chi connectivity index (χ0) is 19.6. The first-order chi connectivity index (χ1) is 12.9. The molecule has 2 heterocycles. The summed E-state index contributed by atoms with van der Waals surface area (Å²) in [5.74, 6) is -0.184. The van der Waals surface area contributed by atoms with Gasteiger partial charge in [-0.2, -0.15) is 0 Å². The number of rotatable bonds is 6. The molecule has 1 aromatic heterocycles. The molecule has 3 rings (SSSR count). The minimum absolute atomic E-state index is 0.0200. The Kier molecular flexibility index (Phi) is 5.89. The maximum atomic E-state index is 12.6. The third-order valence-electron chi connectivity index (χ3n) is 5.30. The van der Waals surface area contributed by atoms with Crippen LogP contribution < -0.4 is 10.2 Å². The van der Waals surface area contributed by atoms with Gasteiger partial charge in [-0.25, -0.2) is 0 Å². The van der Waals surface area contributed by atoms with Crippen molar-refractivity contribution < 1.29 is 9.59 Å². The monoisotopic (exact) mass is 386 g/mol. The van der Waals surface area contributed by atoms with E-state index in [0.29, 0.717) is 17.6 Å². The highest BCUT2D eigenvalue weighted by atomic mass is 32.1. The highest BCUT2D eigenvalue weighted by molar-refractivity contribution is 7.15. The van der Waals surface area contributed by atoms with Crippen LogP contribution in [0.1, 0.15) is 55.2 Å². The van der Waals surface area contributed by atoms with Gasteiger partial charge in [0, 0.05) is 24.6 Å². The maximum Gasteiger partial charge on any atom is 0.231 e. The molecule has 0 saturated carbocycles. The molecule has 0 spiro atoms. The molecule has 1 atom stereocenters. The highest BCUT2D eigenvalue weighted by Crippen LogP contribution is 2.30. The van der Waals surface area contributed by atoms with Gasteiger partial charge in [-0.1, -0.05) is 31.3 Å². The number of amides is 2. The summed E-state index contributed by atoms with van der Waals surface area (Å²) in [6, 6.07) is 5.94. The summed E-state index contributed by atoms with van der Waals surface area (Å²) in [6.07, 6.45) is 2.22. The lowest BCUT2D eigenvalue weighted by Crippen LogP contribution is -2.28. The number of aryl methyl sites for hydroxylation is 2. The fourth-order valence-electron chi connectivity index (χ4n) is 3.32. The van der Waals surface area contributed by atoms with Gasteiger partial charge in [0.15, 0.2) is 0 Å². The number of hydrogen-bond acceptors (Lipinski definition) is 5. The molecule has 1 saturated heterocycles. The molecule has 1 aliphatic rings. The standard InChI is InChI=1S/C20H26N4O2S/c1-5-14(6-2)19-22-23-20(27-19)21-18(26)15-10-17(25)24(11-15)16-8-7-12(3)13(4)9-16/h7-9,14-15H,5-6,10-11H2,1-4H3,(H,21,23,26). The molecule has 2 amide bonds. The molecule has 1 N–H and O–H groups in total. The van der Waals surface area contributed by atoms with Crippen LogP contribution in [0.4, 0.5) is 10.8 Å². The van der Waals surface area contributed by atoms with Gasteiger partial charge < -0.3 is 10.2 Å². The smallest absolute Gasteiger partial charge is 0.231 e. The molecule has 27 heavy (non-hydrogen) atoms. The van der Waals surface area contributed by atoms with Crippen LogP contribution in [0, 0.1) is 19.8 Å². The van der Waals surface area contributed by atoms with Gasteiger partial charge in [-0.3, -0.25) is 9.59 Å². The van der Waals surface area contributed by atoms with Crippen LogP contribution in [0.15, 0.2) is 18.2 Å². The number of hydrogen-bond donors (Lipinski definition) is 1. The Bertz CT molecular complexity index is 844. The number of nitrogens with zero attached hydrogens (tertiary/aromatic N) is 3. The number of carbonyl (C=O) groups excluding carboxylic acids is 2. The normalized spacial score (nSPS) is 17.0. The molecule has 7 heteroatoms. The summed E-state index contributed by atoms with van der Waals surface area (Å²) in [7, 11) is 0. The van der Waals surface area contributed by atoms with Crippen LogP contribution in [-0.2, 0) is 9.59 Å². The number of nitrogens with one attached hydrogen (secondary N) is 1. The summed E-state index contributed by atoms with van der Waals surface area (Å²) in [5, 5.41) is 12.6. The van der Waals surface area contributed by atoms with Crippen LogP contribution in [0.3, 0.4) is 0 Å². The number of aromatic nitrogens is 2. The summed E-state index contributed by atoms with van der Waals surface area (Å²) >= 11 is 1.43. The summed E-state index contributed by atoms with van der Waals surface area (Å²) < 4.78 is 0. The van der Waals surface area contributed by atoms with E-state index in [1.165, 1.54) is 16.9 Å². The van der Waals surface area contributed by atoms with Gasteiger partial charge in [-0.15, -0.1) is 10.2 Å². The Labute approximate surface area is 164 Å². The van der Waals surface area contributed by atoms with E-state index in [2.05, 4.69) is 29.4 Å². The Balaban J connectivity index is 1.66. The molecule has 6 nitrogen and oxygen atoms in total. The highest BCUT2D eigenvalue weighted by Gasteiger charge is 2.35. The maximum absolute atomic E-state index is 12.6. The van der Waals surface area contributed by atoms with Crippen LogP contribution in [0.25, 0.3) is 0 Å². The van der Waals surface area contributed by atoms with Gasteiger partial charge >= 0.3 is 0 Å². The van der Waals surface area contributed by atoms with Crippen molar-refractivity contribution in [3.8, 4) is 0 Å².